The van der Waals surface area contributed by atoms with E-state index in [0.717, 1.165) is 6.54 Å². The molecular weight excluding hydrogens is 138 g/mol. The maximum atomic E-state index is 7.07. The third-order valence-corrected chi connectivity index (χ3v) is 1.18. The number of hydrogen-bond donors (Lipinski definition) is 2. The third kappa shape index (κ3) is 7.33. The first-order chi connectivity index (χ1) is 4.81. The van der Waals surface area contributed by atoms with Gasteiger partial charge in [0.15, 0.2) is 0 Å². The van der Waals surface area contributed by atoms with Crippen LogP contribution in [0.2, 0.25) is 0 Å². The molecule has 66 valence electrons. The van der Waals surface area contributed by atoms with Crippen LogP contribution in [-0.4, -0.2) is 30.9 Å². The number of rotatable bonds is 3. The van der Waals surface area contributed by atoms with Gasteiger partial charge >= 0.3 is 0 Å². The highest BCUT2D eigenvalue weighted by molar-refractivity contribution is 5.78. The Balaban J connectivity index is 3.69. The molecule has 0 rings (SSSR count). The van der Waals surface area contributed by atoms with Crippen LogP contribution in [0.15, 0.2) is 0 Å². The highest BCUT2D eigenvalue weighted by atomic mass is 15.1. The fourth-order valence-electron chi connectivity index (χ4n) is 1.16. The van der Waals surface area contributed by atoms with Crippen molar-refractivity contribution < 1.29 is 0 Å². The summed E-state index contributed by atoms with van der Waals surface area (Å²) in [7, 11) is 1.98. The molecule has 0 aromatic rings. The fraction of sp³-hybridized carbons (Fsp3) is 0.875. The zero-order chi connectivity index (χ0) is 9.07. The highest BCUT2D eigenvalue weighted by Crippen LogP contribution is 2.13. The molecule has 3 nitrogen and oxygen atoms in total. The van der Waals surface area contributed by atoms with E-state index in [-0.39, 0.29) is 11.3 Å². The first-order valence-electron chi connectivity index (χ1n) is 3.83. The molecule has 0 saturated heterocycles. The Morgan fingerprint density at radius 2 is 1.91 bits per heavy atom. The molecule has 0 aromatic carbocycles. The lowest BCUT2D eigenvalue weighted by Gasteiger charge is -2.25. The first kappa shape index (κ1) is 10.4. The molecular formula is C8H19N3. The predicted molar refractivity (Wildman–Crippen MR) is 48.9 cm³/mol. The van der Waals surface area contributed by atoms with Crippen molar-refractivity contribution in [3.63, 3.8) is 0 Å². The Kier molecular flexibility index (Phi) is 3.52. The van der Waals surface area contributed by atoms with Crippen molar-refractivity contribution >= 4 is 5.84 Å². The predicted octanol–water partition coefficient (Wildman–Crippen LogP) is 0.900. The van der Waals surface area contributed by atoms with Gasteiger partial charge in [-0.25, -0.2) is 0 Å². The second kappa shape index (κ2) is 3.72. The van der Waals surface area contributed by atoms with Crippen LogP contribution in [0.4, 0.5) is 0 Å². The SMILES string of the molecule is CN(CC(=N)N)CC(C)(C)C. The lowest BCUT2D eigenvalue weighted by Crippen LogP contribution is -2.35. The summed E-state index contributed by atoms with van der Waals surface area (Å²) in [6.45, 7) is 8.04. The van der Waals surface area contributed by atoms with Gasteiger partial charge in [-0.05, 0) is 12.5 Å². The Hall–Kier alpha value is -0.570. The fourth-order valence-corrected chi connectivity index (χ4v) is 1.16. The molecule has 0 aliphatic heterocycles. The van der Waals surface area contributed by atoms with Gasteiger partial charge in [0.2, 0.25) is 0 Å². The summed E-state index contributed by atoms with van der Waals surface area (Å²) < 4.78 is 0. The van der Waals surface area contributed by atoms with Crippen molar-refractivity contribution in [2.75, 3.05) is 20.1 Å². The second-order valence-corrected chi connectivity index (χ2v) is 4.26. The van der Waals surface area contributed by atoms with Crippen LogP contribution in [-0.2, 0) is 0 Å². The molecule has 0 saturated carbocycles. The molecule has 0 bridgehead atoms. The summed E-state index contributed by atoms with van der Waals surface area (Å²) in [5.74, 6) is 0.233. The number of hydrogen-bond acceptors (Lipinski definition) is 2. The quantitative estimate of drug-likeness (QED) is 0.472. The molecule has 3 N–H and O–H groups in total. The molecule has 0 aliphatic carbocycles. The summed E-state index contributed by atoms with van der Waals surface area (Å²) in [6, 6.07) is 0. The molecule has 0 aromatic heterocycles. The minimum absolute atomic E-state index is 0.233. The molecule has 0 radical (unpaired) electrons. The molecule has 0 heterocycles. The van der Waals surface area contributed by atoms with Gasteiger partial charge in [0.25, 0.3) is 0 Å². The van der Waals surface area contributed by atoms with E-state index in [1.807, 2.05) is 7.05 Å². The zero-order valence-electron chi connectivity index (χ0n) is 7.94. The van der Waals surface area contributed by atoms with Crippen molar-refractivity contribution in [3.8, 4) is 0 Å². The van der Waals surface area contributed by atoms with E-state index in [4.69, 9.17) is 11.1 Å². The topological polar surface area (TPSA) is 53.1 Å². The van der Waals surface area contributed by atoms with Crippen LogP contribution in [0.3, 0.4) is 0 Å². The highest BCUT2D eigenvalue weighted by Gasteiger charge is 2.13. The summed E-state index contributed by atoms with van der Waals surface area (Å²) in [5, 5.41) is 7.07. The minimum Gasteiger partial charge on any atom is -0.387 e. The van der Waals surface area contributed by atoms with Crippen LogP contribution < -0.4 is 5.73 Å². The lowest BCUT2D eigenvalue weighted by atomic mass is 9.96. The molecule has 0 spiro atoms. The normalized spacial score (nSPS) is 12.1. The zero-order valence-corrected chi connectivity index (χ0v) is 7.94. The number of nitrogens with one attached hydrogen (secondary N) is 1. The van der Waals surface area contributed by atoms with Gasteiger partial charge in [-0.1, -0.05) is 20.8 Å². The maximum Gasteiger partial charge on any atom is 0.105 e. The van der Waals surface area contributed by atoms with E-state index in [1.54, 1.807) is 0 Å². The van der Waals surface area contributed by atoms with Crippen molar-refractivity contribution in [2.24, 2.45) is 11.1 Å². The van der Waals surface area contributed by atoms with Gasteiger partial charge in [-0.15, -0.1) is 0 Å². The molecule has 0 atom stereocenters. The second-order valence-electron chi connectivity index (χ2n) is 4.26. The van der Waals surface area contributed by atoms with Crippen LogP contribution in [0.5, 0.6) is 0 Å². The first-order valence-corrected chi connectivity index (χ1v) is 3.83. The number of amidine groups is 1. The van der Waals surface area contributed by atoms with Crippen molar-refractivity contribution in [1.82, 2.24) is 4.90 Å². The lowest BCUT2D eigenvalue weighted by molar-refractivity contribution is 0.249. The Morgan fingerprint density at radius 3 is 2.18 bits per heavy atom. The van der Waals surface area contributed by atoms with Gasteiger partial charge in [-0.2, -0.15) is 0 Å². The minimum atomic E-state index is 0.233. The monoisotopic (exact) mass is 157 g/mol. The number of nitrogens with zero attached hydrogens (tertiary/aromatic N) is 1. The van der Waals surface area contributed by atoms with E-state index < -0.39 is 0 Å². The number of nitrogens with two attached hydrogens (primary N) is 1. The van der Waals surface area contributed by atoms with E-state index in [2.05, 4.69) is 25.7 Å². The van der Waals surface area contributed by atoms with E-state index in [1.165, 1.54) is 0 Å². The third-order valence-electron chi connectivity index (χ3n) is 1.18. The molecule has 0 unspecified atom stereocenters. The molecule has 0 amide bonds. The van der Waals surface area contributed by atoms with Crippen LogP contribution in [0, 0.1) is 10.8 Å². The van der Waals surface area contributed by atoms with E-state index >= 15 is 0 Å². The summed E-state index contributed by atoms with van der Waals surface area (Å²) in [4.78, 5) is 2.06. The van der Waals surface area contributed by atoms with E-state index in [9.17, 15) is 0 Å². The van der Waals surface area contributed by atoms with Crippen LogP contribution in [0.25, 0.3) is 0 Å². The van der Waals surface area contributed by atoms with E-state index in [0.29, 0.717) is 6.54 Å². The van der Waals surface area contributed by atoms with Crippen molar-refractivity contribution in [1.29, 1.82) is 5.41 Å². The van der Waals surface area contributed by atoms with Crippen LogP contribution >= 0.6 is 0 Å². The van der Waals surface area contributed by atoms with Gasteiger partial charge < -0.3 is 5.73 Å². The standard InChI is InChI=1S/C8H19N3/c1-8(2,3)6-11(4)5-7(9)10/h5-6H2,1-4H3,(H3,9,10). The Morgan fingerprint density at radius 1 is 1.45 bits per heavy atom. The number of likely N-dealkylation sites (N-methyl/N-ethyl adjacent to an activating group) is 1. The Labute approximate surface area is 69.1 Å². The smallest absolute Gasteiger partial charge is 0.105 e. The average molecular weight is 157 g/mol. The molecule has 3 heteroatoms. The van der Waals surface area contributed by atoms with Crippen molar-refractivity contribution in [3.05, 3.63) is 0 Å². The molecule has 0 fully saturated rings. The summed E-state index contributed by atoms with van der Waals surface area (Å²) in [6.07, 6.45) is 0. The Bertz CT molecular complexity index is 135. The molecule has 0 aliphatic rings. The molecule has 11 heavy (non-hydrogen) atoms. The largest absolute Gasteiger partial charge is 0.387 e. The maximum absolute atomic E-state index is 7.07. The van der Waals surface area contributed by atoms with Gasteiger partial charge in [0, 0.05) is 6.54 Å². The van der Waals surface area contributed by atoms with Gasteiger partial charge in [0.05, 0.1) is 6.54 Å². The summed E-state index contributed by atoms with van der Waals surface area (Å²) >= 11 is 0. The van der Waals surface area contributed by atoms with Crippen LogP contribution in [0.1, 0.15) is 20.8 Å². The van der Waals surface area contributed by atoms with Gasteiger partial charge in [0.1, 0.15) is 5.84 Å². The summed E-state index contributed by atoms with van der Waals surface area (Å²) in [5.41, 5.74) is 5.54. The van der Waals surface area contributed by atoms with Crippen molar-refractivity contribution in [2.45, 2.75) is 20.8 Å². The average Bonchev–Trinajstić information content (AvgIpc) is 1.53. The van der Waals surface area contributed by atoms with Gasteiger partial charge in [-0.3, -0.25) is 10.3 Å².